The molecule has 0 spiro atoms. The molecule has 136 valence electrons. The number of benzene rings is 1. The van der Waals surface area contributed by atoms with Crippen LogP contribution in [0.3, 0.4) is 0 Å². The second-order valence-electron chi connectivity index (χ2n) is 6.90. The Hall–Kier alpha value is -2.21. The summed E-state index contributed by atoms with van der Waals surface area (Å²) in [5, 5.41) is 10.4. The molecule has 1 N–H and O–H groups in total. The van der Waals surface area contributed by atoms with Gasteiger partial charge in [-0.05, 0) is 12.0 Å². The third kappa shape index (κ3) is 4.25. The van der Waals surface area contributed by atoms with Gasteiger partial charge in [-0.1, -0.05) is 51.1 Å². The van der Waals surface area contributed by atoms with Crippen LogP contribution in [0.15, 0.2) is 30.3 Å². The molecular weight excluding hydrogens is 322 g/mol. The summed E-state index contributed by atoms with van der Waals surface area (Å²) in [6.07, 6.45) is -1.37. The van der Waals surface area contributed by atoms with Crippen LogP contribution in [0.1, 0.15) is 39.2 Å². The molecule has 0 unspecified atom stereocenters. The molecule has 2 atom stereocenters. The molecule has 1 aliphatic heterocycles. The van der Waals surface area contributed by atoms with Gasteiger partial charge in [0, 0.05) is 11.8 Å². The number of carbonyl (C=O) groups excluding carboxylic acids is 3. The second kappa shape index (κ2) is 7.78. The highest BCUT2D eigenvalue weighted by Gasteiger charge is 2.41. The van der Waals surface area contributed by atoms with E-state index in [9.17, 15) is 19.5 Å². The average molecular weight is 347 g/mol. The number of hydrogen-bond donors (Lipinski definition) is 1. The van der Waals surface area contributed by atoms with E-state index >= 15 is 0 Å². The largest absolute Gasteiger partial charge is 0.447 e. The summed E-state index contributed by atoms with van der Waals surface area (Å²) in [5.41, 5.74) is -0.0474. The van der Waals surface area contributed by atoms with E-state index in [4.69, 9.17) is 4.74 Å². The Balaban J connectivity index is 2.07. The molecule has 1 aliphatic rings. The highest BCUT2D eigenvalue weighted by Crippen LogP contribution is 2.27. The van der Waals surface area contributed by atoms with Gasteiger partial charge in [-0.15, -0.1) is 0 Å². The third-order valence-corrected chi connectivity index (χ3v) is 4.78. The van der Waals surface area contributed by atoms with Gasteiger partial charge < -0.3 is 9.84 Å². The summed E-state index contributed by atoms with van der Waals surface area (Å²) >= 11 is 0. The number of amides is 2. The number of cyclic esters (lactones) is 1. The SMILES string of the molecule is CCC(=O)C(C)(C)[C@@H](O)CC(=O)N1C(=O)OC[C@@H]1Cc1ccccc1. The van der Waals surface area contributed by atoms with Crippen molar-refractivity contribution in [2.24, 2.45) is 5.41 Å². The third-order valence-electron chi connectivity index (χ3n) is 4.78. The lowest BCUT2D eigenvalue weighted by atomic mass is 9.79. The molecule has 2 rings (SSSR count). The topological polar surface area (TPSA) is 83.9 Å². The van der Waals surface area contributed by atoms with Gasteiger partial charge in [0.05, 0.1) is 18.6 Å². The van der Waals surface area contributed by atoms with Gasteiger partial charge in [0.2, 0.25) is 5.91 Å². The van der Waals surface area contributed by atoms with Crippen LogP contribution in [0.5, 0.6) is 0 Å². The van der Waals surface area contributed by atoms with Crippen LogP contribution in [0.4, 0.5) is 4.79 Å². The van der Waals surface area contributed by atoms with E-state index in [1.807, 2.05) is 30.3 Å². The van der Waals surface area contributed by atoms with E-state index in [0.29, 0.717) is 6.42 Å². The first-order valence-electron chi connectivity index (χ1n) is 8.51. The number of aliphatic hydroxyl groups excluding tert-OH is 1. The van der Waals surface area contributed by atoms with Crippen LogP contribution in [0.25, 0.3) is 0 Å². The van der Waals surface area contributed by atoms with Crippen molar-refractivity contribution in [1.82, 2.24) is 4.90 Å². The molecule has 0 bridgehead atoms. The monoisotopic (exact) mass is 347 g/mol. The predicted molar refractivity (Wildman–Crippen MR) is 91.8 cm³/mol. The minimum atomic E-state index is -1.15. The van der Waals surface area contributed by atoms with Gasteiger partial charge in [0.25, 0.3) is 0 Å². The number of aliphatic hydroxyl groups is 1. The molecule has 1 fully saturated rings. The van der Waals surface area contributed by atoms with Gasteiger partial charge in [-0.25, -0.2) is 9.69 Å². The number of ketones is 1. The Morgan fingerprint density at radius 2 is 1.96 bits per heavy atom. The zero-order valence-electron chi connectivity index (χ0n) is 14.9. The fraction of sp³-hybridized carbons (Fsp3) is 0.526. The Morgan fingerprint density at radius 1 is 1.32 bits per heavy atom. The first kappa shape index (κ1) is 19.1. The van der Waals surface area contributed by atoms with E-state index in [0.717, 1.165) is 10.5 Å². The van der Waals surface area contributed by atoms with Crippen LogP contribution in [0, 0.1) is 5.41 Å². The summed E-state index contributed by atoms with van der Waals surface area (Å²) in [6, 6.07) is 9.11. The normalized spacial score (nSPS) is 18.8. The minimum Gasteiger partial charge on any atom is -0.447 e. The minimum absolute atomic E-state index is 0.127. The predicted octanol–water partition coefficient (Wildman–Crippen LogP) is 2.33. The number of Topliss-reactive ketones (excluding diaryl/α,β-unsaturated/α-hetero) is 1. The van der Waals surface area contributed by atoms with Gasteiger partial charge in [-0.3, -0.25) is 9.59 Å². The molecule has 0 radical (unpaired) electrons. The summed E-state index contributed by atoms with van der Waals surface area (Å²) in [5.74, 6) is -0.648. The molecule has 0 aliphatic carbocycles. The Morgan fingerprint density at radius 3 is 2.56 bits per heavy atom. The molecule has 1 heterocycles. The molecule has 2 amide bonds. The summed E-state index contributed by atoms with van der Waals surface area (Å²) in [6.45, 7) is 5.07. The van der Waals surface area contributed by atoms with E-state index in [2.05, 4.69) is 0 Å². The lowest BCUT2D eigenvalue weighted by Gasteiger charge is -2.29. The summed E-state index contributed by atoms with van der Waals surface area (Å²) < 4.78 is 5.02. The fourth-order valence-corrected chi connectivity index (χ4v) is 2.96. The van der Waals surface area contributed by atoms with Crippen LogP contribution < -0.4 is 0 Å². The molecule has 25 heavy (non-hydrogen) atoms. The highest BCUT2D eigenvalue weighted by molar-refractivity contribution is 5.94. The quantitative estimate of drug-likeness (QED) is 0.818. The van der Waals surface area contributed by atoms with E-state index < -0.39 is 29.6 Å². The summed E-state index contributed by atoms with van der Waals surface area (Å²) in [4.78, 5) is 37.6. The van der Waals surface area contributed by atoms with Gasteiger partial charge >= 0.3 is 6.09 Å². The average Bonchev–Trinajstić information content (AvgIpc) is 2.95. The zero-order chi connectivity index (χ0) is 18.6. The van der Waals surface area contributed by atoms with Crippen molar-refractivity contribution < 1.29 is 24.2 Å². The Bertz CT molecular complexity index is 640. The Labute approximate surface area is 147 Å². The highest BCUT2D eigenvalue weighted by atomic mass is 16.6. The number of imide groups is 1. The lowest BCUT2D eigenvalue weighted by molar-refractivity contribution is -0.138. The number of rotatable bonds is 7. The van der Waals surface area contributed by atoms with Crippen LogP contribution in [-0.2, 0) is 20.7 Å². The first-order valence-corrected chi connectivity index (χ1v) is 8.51. The maximum Gasteiger partial charge on any atom is 0.416 e. The van der Waals surface area contributed by atoms with Crippen molar-refractivity contribution in [1.29, 1.82) is 0 Å². The zero-order valence-corrected chi connectivity index (χ0v) is 14.9. The molecule has 6 nitrogen and oxygen atoms in total. The number of carbonyl (C=O) groups is 3. The van der Waals surface area contributed by atoms with Crippen molar-refractivity contribution in [3.8, 4) is 0 Å². The van der Waals surface area contributed by atoms with Crippen molar-refractivity contribution in [3.63, 3.8) is 0 Å². The van der Waals surface area contributed by atoms with Crippen LogP contribution >= 0.6 is 0 Å². The fourth-order valence-electron chi connectivity index (χ4n) is 2.96. The van der Waals surface area contributed by atoms with Crippen molar-refractivity contribution in [2.75, 3.05) is 6.61 Å². The number of hydrogen-bond acceptors (Lipinski definition) is 5. The lowest BCUT2D eigenvalue weighted by Crippen LogP contribution is -2.45. The number of ether oxygens (including phenoxy) is 1. The molecular formula is C19H25NO5. The van der Waals surface area contributed by atoms with Gasteiger partial charge in [-0.2, -0.15) is 0 Å². The molecule has 1 saturated heterocycles. The van der Waals surface area contributed by atoms with Crippen molar-refractivity contribution >= 4 is 17.8 Å². The Kier molecular flexibility index (Phi) is 5.95. The number of nitrogens with zero attached hydrogens (tertiary/aromatic N) is 1. The maximum absolute atomic E-state index is 12.6. The molecule has 6 heteroatoms. The second-order valence-corrected chi connectivity index (χ2v) is 6.90. The van der Waals surface area contributed by atoms with Crippen molar-refractivity contribution in [2.45, 2.75) is 52.2 Å². The van der Waals surface area contributed by atoms with E-state index in [1.54, 1.807) is 20.8 Å². The standard InChI is InChI=1S/C19H25NO5/c1-4-15(21)19(2,3)16(22)11-17(23)20-14(12-25-18(20)24)10-13-8-6-5-7-9-13/h5-9,14,16,22H,4,10-12H2,1-3H3/t14-,16-/m0/s1. The molecule has 1 aromatic rings. The van der Waals surface area contributed by atoms with Gasteiger partial charge in [0.1, 0.15) is 12.4 Å². The van der Waals surface area contributed by atoms with Crippen LogP contribution in [-0.4, -0.2) is 46.5 Å². The van der Waals surface area contributed by atoms with E-state index in [-0.39, 0.29) is 25.2 Å². The maximum atomic E-state index is 12.6. The van der Waals surface area contributed by atoms with Gasteiger partial charge in [0.15, 0.2) is 0 Å². The smallest absolute Gasteiger partial charge is 0.416 e. The summed E-state index contributed by atoms with van der Waals surface area (Å²) in [7, 11) is 0. The molecule has 1 aromatic carbocycles. The molecule has 0 saturated carbocycles. The molecule has 0 aromatic heterocycles. The van der Waals surface area contributed by atoms with E-state index in [1.165, 1.54) is 0 Å². The van der Waals surface area contributed by atoms with Crippen LogP contribution in [0.2, 0.25) is 0 Å². The van der Waals surface area contributed by atoms with Crippen molar-refractivity contribution in [3.05, 3.63) is 35.9 Å². The first-order chi connectivity index (χ1) is 11.8.